The van der Waals surface area contributed by atoms with Crippen molar-refractivity contribution in [3.8, 4) is 22.8 Å². The van der Waals surface area contributed by atoms with Crippen molar-refractivity contribution in [3.05, 3.63) is 60.7 Å². The molecule has 1 aromatic heterocycles. The smallest absolute Gasteiger partial charge is 0.324 e. The minimum absolute atomic E-state index is 0.160. The highest BCUT2D eigenvalue weighted by Crippen LogP contribution is 2.35. The summed E-state index contributed by atoms with van der Waals surface area (Å²) in [4.78, 5) is 16.9. The van der Waals surface area contributed by atoms with Gasteiger partial charge in [0.2, 0.25) is 10.9 Å². The monoisotopic (exact) mass is 440 g/mol. The summed E-state index contributed by atoms with van der Waals surface area (Å²) in [5.41, 5.74) is 1.27. The Morgan fingerprint density at radius 3 is 2.35 bits per heavy atom. The molecule has 1 atom stereocenters. The third kappa shape index (κ3) is 4.26. The number of carbonyl (C=O) groups is 1. The predicted molar refractivity (Wildman–Crippen MR) is 116 cm³/mol. The number of benzene rings is 2. The largest absolute Gasteiger partial charge is 0.465 e. The van der Waals surface area contributed by atoms with Crippen LogP contribution in [0.15, 0.2) is 70.1 Å². The van der Waals surface area contributed by atoms with E-state index < -0.39 is 22.0 Å². The van der Waals surface area contributed by atoms with E-state index in [2.05, 4.69) is 4.98 Å². The Morgan fingerprint density at radius 2 is 1.71 bits per heavy atom. The number of aromatic nitrogens is 1. The van der Waals surface area contributed by atoms with Crippen LogP contribution in [0.2, 0.25) is 0 Å². The van der Waals surface area contributed by atoms with E-state index in [0.717, 1.165) is 6.42 Å². The molecule has 8 heteroatoms. The second kappa shape index (κ2) is 9.03. The van der Waals surface area contributed by atoms with Gasteiger partial charge in [-0.1, -0.05) is 48.5 Å². The van der Waals surface area contributed by atoms with Crippen molar-refractivity contribution < 1.29 is 22.4 Å². The number of piperidine rings is 1. The van der Waals surface area contributed by atoms with E-state index in [9.17, 15) is 13.2 Å². The van der Waals surface area contributed by atoms with Gasteiger partial charge in [0.05, 0.1) is 6.61 Å². The number of esters is 1. The summed E-state index contributed by atoms with van der Waals surface area (Å²) in [6, 6.07) is 17.3. The molecule has 1 saturated heterocycles. The van der Waals surface area contributed by atoms with Gasteiger partial charge in [0.25, 0.3) is 10.0 Å². The average Bonchev–Trinajstić information content (AvgIpc) is 3.27. The molecule has 1 aliphatic rings. The zero-order chi connectivity index (χ0) is 21.8. The molecule has 0 bridgehead atoms. The number of oxazole rings is 1. The fraction of sp³-hybridized carbons (Fsp3) is 0.304. The second-order valence-electron chi connectivity index (χ2n) is 7.26. The first-order valence-corrected chi connectivity index (χ1v) is 11.8. The van der Waals surface area contributed by atoms with Crippen LogP contribution in [0, 0.1) is 0 Å². The predicted octanol–water partition coefficient (Wildman–Crippen LogP) is 4.11. The minimum atomic E-state index is -4.11. The molecular formula is C23H24N2O5S. The summed E-state index contributed by atoms with van der Waals surface area (Å²) in [7, 11) is -4.11. The van der Waals surface area contributed by atoms with Gasteiger partial charge in [-0.2, -0.15) is 9.29 Å². The van der Waals surface area contributed by atoms with Gasteiger partial charge >= 0.3 is 5.97 Å². The van der Waals surface area contributed by atoms with E-state index in [0.29, 0.717) is 24.0 Å². The summed E-state index contributed by atoms with van der Waals surface area (Å²) >= 11 is 0. The fourth-order valence-corrected chi connectivity index (χ4v) is 5.45. The number of ether oxygens (including phenoxy) is 1. The quantitative estimate of drug-likeness (QED) is 0.536. The van der Waals surface area contributed by atoms with E-state index in [4.69, 9.17) is 9.15 Å². The Morgan fingerprint density at radius 1 is 1.06 bits per heavy atom. The standard InChI is InChI=1S/C23H24N2O5S/c1-2-29-23(26)19-15-9-10-16-25(19)31(27,28)22-20(17-11-5-3-6-12-17)30-21(24-22)18-13-7-4-8-14-18/h3-8,11-14,19H,2,9-10,15-16H2,1H3. The van der Waals surface area contributed by atoms with Gasteiger partial charge in [-0.25, -0.2) is 8.42 Å². The number of sulfonamides is 1. The molecule has 0 spiro atoms. The van der Waals surface area contributed by atoms with Crippen molar-refractivity contribution in [1.29, 1.82) is 0 Å². The maximum atomic E-state index is 13.7. The zero-order valence-electron chi connectivity index (χ0n) is 17.2. The molecule has 0 aliphatic carbocycles. The summed E-state index contributed by atoms with van der Waals surface area (Å²) in [5.74, 6) is -0.158. The first-order chi connectivity index (χ1) is 15.0. The van der Waals surface area contributed by atoms with Crippen molar-refractivity contribution in [2.24, 2.45) is 0 Å². The zero-order valence-corrected chi connectivity index (χ0v) is 18.0. The van der Waals surface area contributed by atoms with Crippen molar-refractivity contribution >= 4 is 16.0 Å². The normalized spacial score (nSPS) is 17.4. The van der Waals surface area contributed by atoms with Crippen LogP contribution in [0.3, 0.4) is 0 Å². The Labute approximate surface area is 181 Å². The van der Waals surface area contributed by atoms with Crippen LogP contribution in [-0.4, -0.2) is 42.9 Å². The number of nitrogens with zero attached hydrogens (tertiary/aromatic N) is 2. The molecule has 0 saturated carbocycles. The molecule has 0 N–H and O–H groups in total. The van der Waals surface area contributed by atoms with Gasteiger partial charge in [0.1, 0.15) is 6.04 Å². The Bertz CT molecular complexity index is 1140. The summed E-state index contributed by atoms with van der Waals surface area (Å²) in [5, 5.41) is -0.186. The fourth-order valence-electron chi connectivity index (χ4n) is 3.73. The minimum Gasteiger partial charge on any atom is -0.465 e. The Kier molecular flexibility index (Phi) is 6.20. The van der Waals surface area contributed by atoms with E-state index in [1.54, 1.807) is 43.3 Å². The molecule has 3 aromatic rings. The second-order valence-corrected chi connectivity index (χ2v) is 9.07. The lowest BCUT2D eigenvalue weighted by molar-refractivity contribution is -0.148. The maximum absolute atomic E-state index is 13.7. The van der Waals surface area contributed by atoms with Crippen molar-refractivity contribution in [2.75, 3.05) is 13.2 Å². The van der Waals surface area contributed by atoms with Crippen molar-refractivity contribution in [2.45, 2.75) is 37.3 Å². The summed E-state index contributed by atoms with van der Waals surface area (Å²) < 4.78 is 39.8. The summed E-state index contributed by atoms with van der Waals surface area (Å²) in [6.07, 6.45) is 1.84. The lowest BCUT2D eigenvalue weighted by Crippen LogP contribution is -2.48. The van der Waals surface area contributed by atoms with Crippen LogP contribution in [-0.2, 0) is 19.6 Å². The van der Waals surface area contributed by atoms with Gasteiger partial charge in [-0.3, -0.25) is 4.79 Å². The number of hydrogen-bond acceptors (Lipinski definition) is 6. The molecule has 1 fully saturated rings. The van der Waals surface area contributed by atoms with Gasteiger partial charge in [-0.05, 0) is 38.3 Å². The van der Waals surface area contributed by atoms with Crippen LogP contribution in [0.25, 0.3) is 22.8 Å². The van der Waals surface area contributed by atoms with Gasteiger partial charge < -0.3 is 9.15 Å². The first-order valence-electron chi connectivity index (χ1n) is 10.3. The average molecular weight is 441 g/mol. The van der Waals surface area contributed by atoms with E-state index >= 15 is 0 Å². The molecule has 1 unspecified atom stereocenters. The number of hydrogen-bond donors (Lipinski definition) is 0. The highest BCUT2D eigenvalue weighted by atomic mass is 32.2. The molecule has 0 amide bonds. The van der Waals surface area contributed by atoms with Crippen LogP contribution >= 0.6 is 0 Å². The molecular weight excluding hydrogens is 416 g/mol. The van der Waals surface area contributed by atoms with E-state index in [1.165, 1.54) is 4.31 Å². The van der Waals surface area contributed by atoms with Crippen LogP contribution in [0.1, 0.15) is 26.2 Å². The molecule has 1 aliphatic heterocycles. The lowest BCUT2D eigenvalue weighted by Gasteiger charge is -2.32. The Hall–Kier alpha value is -2.97. The van der Waals surface area contributed by atoms with Crippen LogP contribution < -0.4 is 0 Å². The molecule has 4 rings (SSSR count). The maximum Gasteiger partial charge on any atom is 0.324 e. The number of carbonyl (C=O) groups excluding carboxylic acids is 1. The topological polar surface area (TPSA) is 89.7 Å². The third-order valence-electron chi connectivity index (χ3n) is 5.22. The molecule has 2 heterocycles. The first kappa shape index (κ1) is 21.3. The molecule has 7 nitrogen and oxygen atoms in total. The highest BCUT2D eigenvalue weighted by Gasteiger charge is 2.41. The van der Waals surface area contributed by atoms with Crippen LogP contribution in [0.5, 0.6) is 0 Å². The molecule has 0 radical (unpaired) electrons. The Balaban J connectivity index is 1.83. The van der Waals surface area contributed by atoms with Gasteiger partial charge in [-0.15, -0.1) is 0 Å². The van der Waals surface area contributed by atoms with Crippen molar-refractivity contribution in [1.82, 2.24) is 9.29 Å². The van der Waals surface area contributed by atoms with Gasteiger partial charge in [0, 0.05) is 17.7 Å². The molecule has 31 heavy (non-hydrogen) atoms. The van der Waals surface area contributed by atoms with E-state index in [1.807, 2.05) is 24.3 Å². The summed E-state index contributed by atoms with van der Waals surface area (Å²) in [6.45, 7) is 2.13. The van der Waals surface area contributed by atoms with Crippen LogP contribution in [0.4, 0.5) is 0 Å². The SMILES string of the molecule is CCOC(=O)C1CCCCN1S(=O)(=O)c1nc(-c2ccccc2)oc1-c1ccccc1. The third-order valence-corrected chi connectivity index (χ3v) is 7.04. The van der Waals surface area contributed by atoms with Crippen molar-refractivity contribution in [3.63, 3.8) is 0 Å². The van der Waals surface area contributed by atoms with Gasteiger partial charge in [0.15, 0.2) is 5.76 Å². The highest BCUT2D eigenvalue weighted by molar-refractivity contribution is 7.89. The number of rotatable bonds is 6. The molecule has 2 aromatic carbocycles. The lowest BCUT2D eigenvalue weighted by atomic mass is 10.1. The molecule has 162 valence electrons. The van der Waals surface area contributed by atoms with E-state index in [-0.39, 0.29) is 29.8 Å².